The van der Waals surface area contributed by atoms with Crippen molar-refractivity contribution >= 4 is 0 Å². The highest BCUT2D eigenvalue weighted by atomic mass is 15.6. The summed E-state index contributed by atoms with van der Waals surface area (Å²) >= 11 is 0. The number of rotatable bonds is 2. The molecule has 1 unspecified atom stereocenters. The maximum absolute atomic E-state index is 4.19. The van der Waals surface area contributed by atoms with Crippen LogP contribution in [0.25, 0.3) is 0 Å². The van der Waals surface area contributed by atoms with Crippen molar-refractivity contribution in [2.45, 2.75) is 25.9 Å². The summed E-state index contributed by atoms with van der Waals surface area (Å²) in [6, 6.07) is 0.546. The zero-order chi connectivity index (χ0) is 10.7. The van der Waals surface area contributed by atoms with Crippen molar-refractivity contribution in [3.63, 3.8) is 0 Å². The second-order valence-corrected chi connectivity index (χ2v) is 4.14. The van der Waals surface area contributed by atoms with Crippen molar-refractivity contribution in [3.05, 3.63) is 5.82 Å². The Morgan fingerprint density at radius 1 is 1.53 bits per heavy atom. The van der Waals surface area contributed by atoms with E-state index in [0.717, 1.165) is 32.0 Å². The lowest BCUT2D eigenvalue weighted by Crippen LogP contribution is -2.35. The third kappa shape index (κ3) is 2.97. The van der Waals surface area contributed by atoms with Gasteiger partial charge in [0.1, 0.15) is 0 Å². The predicted octanol–water partition coefficient (Wildman–Crippen LogP) is -0.606. The van der Waals surface area contributed by atoms with Gasteiger partial charge < -0.3 is 5.32 Å². The first-order valence-corrected chi connectivity index (χ1v) is 5.42. The van der Waals surface area contributed by atoms with Crippen LogP contribution in [0.5, 0.6) is 0 Å². The van der Waals surface area contributed by atoms with Gasteiger partial charge in [0.05, 0.1) is 13.6 Å². The first-order chi connectivity index (χ1) is 7.24. The monoisotopic (exact) mass is 210 g/mol. The van der Waals surface area contributed by atoms with E-state index in [4.69, 9.17) is 0 Å². The highest BCUT2D eigenvalue weighted by Crippen LogP contribution is 2.03. The van der Waals surface area contributed by atoms with Crippen LogP contribution in [-0.4, -0.2) is 50.8 Å². The van der Waals surface area contributed by atoms with Gasteiger partial charge in [0.25, 0.3) is 0 Å². The summed E-state index contributed by atoms with van der Waals surface area (Å²) in [5.41, 5.74) is 0. The Kier molecular flexibility index (Phi) is 3.27. The van der Waals surface area contributed by atoms with E-state index in [0.29, 0.717) is 6.04 Å². The molecule has 1 atom stereocenters. The van der Waals surface area contributed by atoms with Gasteiger partial charge in [0.15, 0.2) is 5.82 Å². The molecule has 0 aromatic carbocycles. The van der Waals surface area contributed by atoms with Crippen molar-refractivity contribution < 1.29 is 0 Å². The molecule has 84 valence electrons. The van der Waals surface area contributed by atoms with Crippen LogP contribution >= 0.6 is 0 Å². The van der Waals surface area contributed by atoms with Gasteiger partial charge in [-0.05, 0) is 31.6 Å². The van der Waals surface area contributed by atoms with Crippen LogP contribution < -0.4 is 5.32 Å². The van der Waals surface area contributed by atoms with Crippen LogP contribution in [0.2, 0.25) is 0 Å². The number of nitrogens with one attached hydrogen (secondary N) is 1. The molecule has 0 radical (unpaired) electrons. The second-order valence-electron chi connectivity index (χ2n) is 4.14. The van der Waals surface area contributed by atoms with Crippen LogP contribution in [0.15, 0.2) is 0 Å². The summed E-state index contributed by atoms with van der Waals surface area (Å²) in [5, 5.41) is 15.5. The van der Waals surface area contributed by atoms with Crippen molar-refractivity contribution in [2.24, 2.45) is 7.05 Å². The minimum Gasteiger partial charge on any atom is -0.313 e. The normalized spacial score (nSPS) is 24.0. The van der Waals surface area contributed by atoms with Crippen molar-refractivity contribution in [3.8, 4) is 0 Å². The Morgan fingerprint density at radius 3 is 3.13 bits per heavy atom. The summed E-state index contributed by atoms with van der Waals surface area (Å²) in [5.74, 6) is 0.812. The maximum Gasteiger partial charge on any atom is 0.188 e. The first-order valence-electron chi connectivity index (χ1n) is 5.42. The number of tetrazole rings is 1. The summed E-state index contributed by atoms with van der Waals surface area (Å²) in [7, 11) is 1.79. The van der Waals surface area contributed by atoms with E-state index in [9.17, 15) is 0 Å². The number of aromatic nitrogens is 4. The molecule has 1 N–H and O–H groups in total. The van der Waals surface area contributed by atoms with E-state index in [2.05, 4.69) is 32.6 Å². The molecule has 1 fully saturated rings. The van der Waals surface area contributed by atoms with E-state index in [-0.39, 0.29) is 0 Å². The third-order valence-corrected chi connectivity index (χ3v) is 2.59. The van der Waals surface area contributed by atoms with E-state index in [1.54, 1.807) is 7.05 Å². The largest absolute Gasteiger partial charge is 0.313 e. The SMILES string of the molecule is CC1CN(Cc2nnn(C)n2)CCCN1. The van der Waals surface area contributed by atoms with Gasteiger partial charge in [-0.1, -0.05) is 0 Å². The Morgan fingerprint density at radius 2 is 2.40 bits per heavy atom. The number of hydrogen-bond acceptors (Lipinski definition) is 5. The van der Waals surface area contributed by atoms with Crippen LogP contribution in [-0.2, 0) is 13.6 Å². The fraction of sp³-hybridized carbons (Fsp3) is 0.889. The van der Waals surface area contributed by atoms with Gasteiger partial charge in [-0.2, -0.15) is 4.80 Å². The summed E-state index contributed by atoms with van der Waals surface area (Å²) in [6.45, 7) is 6.28. The fourth-order valence-electron chi connectivity index (χ4n) is 1.92. The molecular weight excluding hydrogens is 192 g/mol. The minimum atomic E-state index is 0.546. The lowest BCUT2D eigenvalue weighted by molar-refractivity contribution is 0.258. The molecule has 2 rings (SSSR count). The molecule has 2 heterocycles. The van der Waals surface area contributed by atoms with E-state index >= 15 is 0 Å². The van der Waals surface area contributed by atoms with Gasteiger partial charge >= 0.3 is 0 Å². The van der Waals surface area contributed by atoms with Crippen LogP contribution in [0, 0.1) is 0 Å². The van der Waals surface area contributed by atoms with Gasteiger partial charge in [-0.25, -0.2) is 0 Å². The highest BCUT2D eigenvalue weighted by molar-refractivity contribution is 4.80. The number of hydrogen-bond donors (Lipinski definition) is 1. The van der Waals surface area contributed by atoms with E-state index in [1.165, 1.54) is 11.2 Å². The number of nitrogens with zero attached hydrogens (tertiary/aromatic N) is 5. The smallest absolute Gasteiger partial charge is 0.188 e. The van der Waals surface area contributed by atoms with Crippen LogP contribution in [0.1, 0.15) is 19.2 Å². The Hall–Kier alpha value is -1.01. The molecule has 1 aromatic heterocycles. The molecule has 0 spiro atoms. The van der Waals surface area contributed by atoms with E-state index < -0.39 is 0 Å². The van der Waals surface area contributed by atoms with Crippen molar-refractivity contribution in [1.82, 2.24) is 30.4 Å². The van der Waals surface area contributed by atoms with Gasteiger partial charge in [-0.3, -0.25) is 4.90 Å². The standard InChI is InChI=1S/C9H18N6/c1-8-6-15(5-3-4-10-8)7-9-11-13-14(2)12-9/h8,10H,3-7H2,1-2H3. The minimum absolute atomic E-state index is 0.546. The van der Waals surface area contributed by atoms with E-state index in [1.807, 2.05) is 0 Å². The summed E-state index contributed by atoms with van der Waals surface area (Å²) in [4.78, 5) is 3.89. The highest BCUT2D eigenvalue weighted by Gasteiger charge is 2.15. The maximum atomic E-state index is 4.19. The molecule has 0 aliphatic carbocycles. The fourth-order valence-corrected chi connectivity index (χ4v) is 1.92. The van der Waals surface area contributed by atoms with Crippen LogP contribution in [0.4, 0.5) is 0 Å². The lowest BCUT2D eigenvalue weighted by Gasteiger charge is -2.20. The molecule has 0 bridgehead atoms. The molecule has 0 amide bonds. The topological polar surface area (TPSA) is 58.9 Å². The molecule has 1 saturated heterocycles. The summed E-state index contributed by atoms with van der Waals surface area (Å²) < 4.78 is 0. The molecule has 1 aliphatic heterocycles. The lowest BCUT2D eigenvalue weighted by atomic mass is 10.3. The number of aryl methyl sites for hydroxylation is 1. The van der Waals surface area contributed by atoms with Crippen molar-refractivity contribution in [1.29, 1.82) is 0 Å². The quantitative estimate of drug-likeness (QED) is 0.706. The molecule has 1 aromatic rings. The Labute approximate surface area is 89.6 Å². The molecule has 6 heteroatoms. The molecule has 15 heavy (non-hydrogen) atoms. The van der Waals surface area contributed by atoms with Gasteiger partial charge in [0, 0.05) is 12.6 Å². The van der Waals surface area contributed by atoms with Crippen LogP contribution in [0.3, 0.4) is 0 Å². The predicted molar refractivity (Wildman–Crippen MR) is 56.2 cm³/mol. The third-order valence-electron chi connectivity index (χ3n) is 2.59. The Bertz CT molecular complexity index is 309. The zero-order valence-electron chi connectivity index (χ0n) is 9.35. The Balaban J connectivity index is 1.92. The molecule has 6 nitrogen and oxygen atoms in total. The molecular formula is C9H18N6. The zero-order valence-corrected chi connectivity index (χ0v) is 9.35. The van der Waals surface area contributed by atoms with Crippen molar-refractivity contribution in [2.75, 3.05) is 19.6 Å². The summed E-state index contributed by atoms with van der Waals surface area (Å²) in [6.07, 6.45) is 1.19. The molecule has 1 aliphatic rings. The average molecular weight is 210 g/mol. The average Bonchev–Trinajstić information content (AvgIpc) is 2.46. The van der Waals surface area contributed by atoms with Gasteiger partial charge in [0.2, 0.25) is 0 Å². The first kappa shape index (κ1) is 10.5. The molecule has 0 saturated carbocycles. The second kappa shape index (κ2) is 4.67. The van der Waals surface area contributed by atoms with Gasteiger partial charge in [-0.15, -0.1) is 10.2 Å².